The molecule has 0 radical (unpaired) electrons. The van der Waals surface area contributed by atoms with Crippen LogP contribution in [0.1, 0.15) is 79.5 Å². The van der Waals surface area contributed by atoms with Crippen LogP contribution in [0, 0.1) is 6.92 Å². The van der Waals surface area contributed by atoms with Gasteiger partial charge in [-0.1, -0.05) is 13.3 Å². The first-order valence-electron chi connectivity index (χ1n) is 8.44. The van der Waals surface area contributed by atoms with Gasteiger partial charge in [0.05, 0.1) is 12.2 Å². The van der Waals surface area contributed by atoms with E-state index in [1.54, 1.807) is 34.6 Å². The van der Waals surface area contributed by atoms with Gasteiger partial charge in [-0.3, -0.25) is 4.79 Å². The van der Waals surface area contributed by atoms with Crippen LogP contribution in [0.3, 0.4) is 0 Å². The number of unbranched alkanes of at least 4 members (excludes halogenated alkanes) is 1. The molecule has 0 aliphatic carbocycles. The third-order valence-electron chi connectivity index (χ3n) is 3.22. The highest BCUT2D eigenvalue weighted by atomic mass is 32.1. The summed E-state index contributed by atoms with van der Waals surface area (Å²) in [5, 5.41) is 3.07. The molecule has 6 nitrogen and oxygen atoms in total. The first kappa shape index (κ1) is 21.2. The predicted molar refractivity (Wildman–Crippen MR) is 98.3 cm³/mol. The second-order valence-electron chi connectivity index (χ2n) is 6.63. The minimum absolute atomic E-state index is 0.190. The molecule has 1 aromatic rings. The molecular formula is C18H27NO5S. The van der Waals surface area contributed by atoms with Crippen molar-refractivity contribution in [2.24, 2.45) is 0 Å². The van der Waals surface area contributed by atoms with Gasteiger partial charge in [0, 0.05) is 6.42 Å². The van der Waals surface area contributed by atoms with E-state index in [1.807, 2.05) is 6.92 Å². The number of nitrogens with one attached hydrogen (secondary N) is 1. The van der Waals surface area contributed by atoms with Crippen molar-refractivity contribution in [2.45, 2.75) is 66.4 Å². The van der Waals surface area contributed by atoms with E-state index < -0.39 is 17.5 Å². The van der Waals surface area contributed by atoms with E-state index in [2.05, 4.69) is 5.32 Å². The Kier molecular flexibility index (Phi) is 7.60. The monoisotopic (exact) mass is 369 g/mol. The summed E-state index contributed by atoms with van der Waals surface area (Å²) in [6, 6.07) is 0. The number of rotatable bonds is 7. The molecule has 1 rings (SSSR count). The van der Waals surface area contributed by atoms with Gasteiger partial charge in [-0.05, 0) is 46.6 Å². The molecule has 0 saturated heterocycles. The summed E-state index contributed by atoms with van der Waals surface area (Å²) in [5.41, 5.74) is 0.0309. The number of anilines is 1. The zero-order chi connectivity index (χ0) is 19.2. The molecule has 0 spiro atoms. The standard InChI is InChI=1S/C18H27NO5S/c1-7-9-10-12(20)19-15-13(16(21)23-8-2)11(3)14(25-15)17(22)24-18(4,5)6/h7-10H2,1-6H3,(H,19,20). The lowest BCUT2D eigenvalue weighted by Crippen LogP contribution is -2.23. The number of carbonyl (C=O) groups is 3. The number of carbonyl (C=O) groups excluding carboxylic acids is 3. The van der Waals surface area contributed by atoms with Crippen molar-refractivity contribution in [3.05, 3.63) is 16.0 Å². The normalized spacial score (nSPS) is 11.1. The maximum Gasteiger partial charge on any atom is 0.349 e. The van der Waals surface area contributed by atoms with Gasteiger partial charge in [-0.15, -0.1) is 11.3 Å². The summed E-state index contributed by atoms with van der Waals surface area (Å²) < 4.78 is 10.5. The molecule has 1 heterocycles. The van der Waals surface area contributed by atoms with Gasteiger partial charge >= 0.3 is 11.9 Å². The highest BCUT2D eigenvalue weighted by Crippen LogP contribution is 2.35. The molecule has 0 aliphatic heterocycles. The molecule has 0 unspecified atom stereocenters. The Balaban J connectivity index is 3.20. The van der Waals surface area contributed by atoms with Gasteiger partial charge in [0.1, 0.15) is 15.5 Å². The van der Waals surface area contributed by atoms with Crippen molar-refractivity contribution in [1.29, 1.82) is 0 Å². The van der Waals surface area contributed by atoms with Crippen molar-refractivity contribution in [1.82, 2.24) is 0 Å². The number of ether oxygens (including phenoxy) is 2. The fraction of sp³-hybridized carbons (Fsp3) is 0.611. The average Bonchev–Trinajstić information content (AvgIpc) is 2.80. The van der Waals surface area contributed by atoms with Crippen molar-refractivity contribution in [2.75, 3.05) is 11.9 Å². The summed E-state index contributed by atoms with van der Waals surface area (Å²) in [5.74, 6) is -1.27. The molecule has 0 fully saturated rings. The van der Waals surface area contributed by atoms with E-state index in [1.165, 1.54) is 0 Å². The van der Waals surface area contributed by atoms with Gasteiger partial charge in [0.25, 0.3) is 0 Å². The molecule has 0 bridgehead atoms. The van der Waals surface area contributed by atoms with Crippen LogP contribution >= 0.6 is 11.3 Å². The first-order chi connectivity index (χ1) is 11.6. The van der Waals surface area contributed by atoms with Crippen LogP contribution in [0.2, 0.25) is 0 Å². The maximum absolute atomic E-state index is 12.4. The van der Waals surface area contributed by atoms with E-state index in [4.69, 9.17) is 9.47 Å². The largest absolute Gasteiger partial charge is 0.462 e. The zero-order valence-corrected chi connectivity index (χ0v) is 16.6. The minimum Gasteiger partial charge on any atom is -0.462 e. The van der Waals surface area contributed by atoms with Crippen molar-refractivity contribution >= 4 is 34.2 Å². The smallest absolute Gasteiger partial charge is 0.349 e. The Morgan fingerprint density at radius 2 is 1.76 bits per heavy atom. The molecule has 140 valence electrons. The number of amides is 1. The Labute approximate surface area is 152 Å². The van der Waals surface area contributed by atoms with Gasteiger partial charge < -0.3 is 14.8 Å². The lowest BCUT2D eigenvalue weighted by atomic mass is 10.1. The van der Waals surface area contributed by atoms with Crippen LogP contribution in [0.25, 0.3) is 0 Å². The molecule has 1 N–H and O–H groups in total. The lowest BCUT2D eigenvalue weighted by molar-refractivity contribution is -0.116. The highest BCUT2D eigenvalue weighted by molar-refractivity contribution is 7.18. The number of hydrogen-bond acceptors (Lipinski definition) is 6. The SMILES string of the molecule is CCCCC(=O)Nc1sc(C(=O)OC(C)(C)C)c(C)c1C(=O)OCC. The fourth-order valence-electron chi connectivity index (χ4n) is 2.10. The second kappa shape index (κ2) is 8.99. The highest BCUT2D eigenvalue weighted by Gasteiger charge is 2.29. The van der Waals surface area contributed by atoms with Crippen LogP contribution in [-0.2, 0) is 14.3 Å². The number of esters is 2. The van der Waals surface area contributed by atoms with Gasteiger partial charge in [0.2, 0.25) is 5.91 Å². The third-order valence-corrected chi connectivity index (χ3v) is 4.41. The van der Waals surface area contributed by atoms with Crippen LogP contribution < -0.4 is 5.32 Å². The van der Waals surface area contributed by atoms with E-state index in [0.717, 1.165) is 24.2 Å². The van der Waals surface area contributed by atoms with Crippen LogP contribution in [0.4, 0.5) is 5.00 Å². The molecule has 0 saturated carbocycles. The van der Waals surface area contributed by atoms with Gasteiger partial charge in [-0.2, -0.15) is 0 Å². The van der Waals surface area contributed by atoms with E-state index in [0.29, 0.717) is 21.9 Å². The Bertz CT molecular complexity index is 643. The second-order valence-corrected chi connectivity index (χ2v) is 7.66. The quantitative estimate of drug-likeness (QED) is 0.724. The van der Waals surface area contributed by atoms with E-state index >= 15 is 0 Å². The topological polar surface area (TPSA) is 81.7 Å². The molecule has 1 aromatic heterocycles. The molecule has 7 heteroatoms. The number of hydrogen-bond donors (Lipinski definition) is 1. The van der Waals surface area contributed by atoms with Crippen molar-refractivity contribution in [3.63, 3.8) is 0 Å². The van der Waals surface area contributed by atoms with Crippen molar-refractivity contribution < 1.29 is 23.9 Å². The summed E-state index contributed by atoms with van der Waals surface area (Å²) in [4.78, 5) is 37.0. The molecule has 0 aromatic carbocycles. The summed E-state index contributed by atoms with van der Waals surface area (Å²) in [7, 11) is 0. The summed E-state index contributed by atoms with van der Waals surface area (Å²) in [6.07, 6.45) is 2.01. The van der Waals surface area contributed by atoms with Crippen LogP contribution in [-0.4, -0.2) is 30.1 Å². The van der Waals surface area contributed by atoms with Crippen molar-refractivity contribution in [3.8, 4) is 0 Å². The zero-order valence-electron chi connectivity index (χ0n) is 15.8. The summed E-state index contributed by atoms with van der Waals surface area (Å²) in [6.45, 7) is 10.9. The molecule has 0 aliphatic rings. The van der Waals surface area contributed by atoms with E-state index in [-0.39, 0.29) is 18.1 Å². The first-order valence-corrected chi connectivity index (χ1v) is 9.26. The van der Waals surface area contributed by atoms with Gasteiger partial charge in [0.15, 0.2) is 0 Å². The lowest BCUT2D eigenvalue weighted by Gasteiger charge is -2.19. The number of thiophene rings is 1. The minimum atomic E-state index is -0.651. The maximum atomic E-state index is 12.4. The molecule has 1 amide bonds. The third kappa shape index (κ3) is 6.16. The van der Waals surface area contributed by atoms with Gasteiger partial charge in [-0.25, -0.2) is 9.59 Å². The molecular weight excluding hydrogens is 342 g/mol. The predicted octanol–water partition coefficient (Wildman–Crippen LogP) is 4.32. The Morgan fingerprint density at radius 1 is 1.12 bits per heavy atom. The molecule has 0 atom stereocenters. The van der Waals surface area contributed by atoms with Crippen LogP contribution in [0.5, 0.6) is 0 Å². The van der Waals surface area contributed by atoms with E-state index in [9.17, 15) is 14.4 Å². The summed E-state index contributed by atoms with van der Waals surface area (Å²) >= 11 is 1.04. The Morgan fingerprint density at radius 3 is 2.28 bits per heavy atom. The Hall–Kier alpha value is -1.89. The fourth-order valence-corrected chi connectivity index (χ4v) is 3.18. The molecule has 25 heavy (non-hydrogen) atoms. The average molecular weight is 369 g/mol. The van der Waals surface area contributed by atoms with Crippen LogP contribution in [0.15, 0.2) is 0 Å².